The summed E-state index contributed by atoms with van der Waals surface area (Å²) >= 11 is 0. The van der Waals surface area contributed by atoms with E-state index in [4.69, 9.17) is 0 Å². The highest BCUT2D eigenvalue weighted by Gasteiger charge is 2.28. The number of halogens is 1. The number of alkyl halides is 1. The monoisotopic (exact) mass is 238 g/mol. The Bertz CT molecular complexity index is 275. The second-order valence-corrected chi connectivity index (χ2v) is 5.55. The van der Waals surface area contributed by atoms with E-state index in [0.717, 1.165) is 50.4 Å². The Hall–Kier alpha value is -0.660. The van der Waals surface area contributed by atoms with Crippen molar-refractivity contribution < 1.29 is 9.18 Å². The van der Waals surface area contributed by atoms with Gasteiger partial charge in [0.1, 0.15) is 5.78 Å². The van der Waals surface area contributed by atoms with E-state index in [1.54, 1.807) is 0 Å². The lowest BCUT2D eigenvalue weighted by molar-refractivity contribution is -0.121. The van der Waals surface area contributed by atoms with Crippen LogP contribution in [0, 0.1) is 11.8 Å². The number of hydrogen-bond donors (Lipinski definition) is 0. The van der Waals surface area contributed by atoms with Crippen LogP contribution in [0.1, 0.15) is 57.8 Å². The maximum atomic E-state index is 12.1. The number of carbonyl (C=O) groups excluding carboxylic acids is 1. The molecule has 17 heavy (non-hydrogen) atoms. The van der Waals surface area contributed by atoms with Crippen molar-refractivity contribution in [3.63, 3.8) is 0 Å². The van der Waals surface area contributed by atoms with Crippen molar-refractivity contribution >= 4 is 5.78 Å². The first kappa shape index (κ1) is 12.8. The number of hydrogen-bond acceptors (Lipinski definition) is 1. The van der Waals surface area contributed by atoms with Crippen LogP contribution in [0.15, 0.2) is 11.6 Å². The Morgan fingerprint density at radius 1 is 1.00 bits per heavy atom. The van der Waals surface area contributed by atoms with Crippen LogP contribution in [0.2, 0.25) is 0 Å². The van der Waals surface area contributed by atoms with E-state index in [2.05, 4.69) is 6.08 Å². The summed E-state index contributed by atoms with van der Waals surface area (Å²) in [5.41, 5.74) is 1.46. The normalized spacial score (nSPS) is 27.2. The van der Waals surface area contributed by atoms with Gasteiger partial charge in [-0.05, 0) is 56.8 Å². The molecule has 2 heteroatoms. The van der Waals surface area contributed by atoms with Gasteiger partial charge >= 0.3 is 0 Å². The summed E-state index contributed by atoms with van der Waals surface area (Å²) in [6.45, 7) is -0.225. The summed E-state index contributed by atoms with van der Waals surface area (Å²) in [7, 11) is 0. The smallest absolute Gasteiger partial charge is 0.132 e. The van der Waals surface area contributed by atoms with Gasteiger partial charge in [-0.15, -0.1) is 0 Å². The first-order valence-electron chi connectivity index (χ1n) is 7.05. The van der Waals surface area contributed by atoms with E-state index in [1.807, 2.05) is 0 Å². The molecule has 0 heterocycles. The lowest BCUT2D eigenvalue weighted by atomic mass is 9.72. The minimum absolute atomic E-state index is 0.225. The third kappa shape index (κ3) is 3.65. The van der Waals surface area contributed by atoms with Gasteiger partial charge < -0.3 is 0 Å². The van der Waals surface area contributed by atoms with Crippen LogP contribution in [-0.2, 0) is 4.79 Å². The summed E-state index contributed by atoms with van der Waals surface area (Å²) in [5, 5.41) is 0. The molecular weight excluding hydrogens is 215 g/mol. The molecule has 0 unspecified atom stereocenters. The molecular formula is C15H23FO. The highest BCUT2D eigenvalue weighted by atomic mass is 19.1. The molecule has 1 nitrogen and oxygen atoms in total. The Morgan fingerprint density at radius 3 is 2.06 bits per heavy atom. The molecule has 2 aliphatic carbocycles. The van der Waals surface area contributed by atoms with Crippen molar-refractivity contribution in [3.05, 3.63) is 11.6 Å². The average molecular weight is 238 g/mol. The molecule has 0 aliphatic heterocycles. The zero-order chi connectivity index (χ0) is 12.1. The summed E-state index contributed by atoms with van der Waals surface area (Å²) in [6, 6.07) is 0. The third-order valence-corrected chi connectivity index (χ3v) is 4.47. The molecule has 0 saturated heterocycles. The number of ketones is 1. The van der Waals surface area contributed by atoms with Crippen LogP contribution >= 0.6 is 0 Å². The molecule has 0 amide bonds. The zero-order valence-corrected chi connectivity index (χ0v) is 10.6. The van der Waals surface area contributed by atoms with Gasteiger partial charge in [0.05, 0.1) is 6.67 Å². The molecule has 2 saturated carbocycles. The molecule has 96 valence electrons. The molecule has 0 aromatic rings. The highest BCUT2D eigenvalue weighted by Crippen LogP contribution is 2.39. The van der Waals surface area contributed by atoms with E-state index in [-0.39, 0.29) is 6.67 Å². The SMILES string of the molecule is O=C1CCC(C2CCC(=CCCF)CC2)CC1. The third-order valence-electron chi connectivity index (χ3n) is 4.47. The van der Waals surface area contributed by atoms with Crippen molar-refractivity contribution in [1.29, 1.82) is 0 Å². The molecule has 0 aromatic carbocycles. The Morgan fingerprint density at radius 2 is 1.53 bits per heavy atom. The van der Waals surface area contributed by atoms with Gasteiger partial charge in [0.25, 0.3) is 0 Å². The van der Waals surface area contributed by atoms with Crippen LogP contribution in [-0.4, -0.2) is 12.5 Å². The summed E-state index contributed by atoms with van der Waals surface area (Å²) < 4.78 is 12.1. The van der Waals surface area contributed by atoms with E-state index in [0.29, 0.717) is 12.2 Å². The van der Waals surface area contributed by atoms with Gasteiger partial charge in [-0.2, -0.15) is 0 Å². The van der Waals surface area contributed by atoms with E-state index in [9.17, 15) is 9.18 Å². The predicted octanol–water partition coefficient (Wildman–Crippen LogP) is 4.22. The van der Waals surface area contributed by atoms with Gasteiger partial charge in [0, 0.05) is 12.8 Å². The van der Waals surface area contributed by atoms with Crippen molar-refractivity contribution in [2.24, 2.45) is 11.8 Å². The molecule has 2 rings (SSSR count). The fraction of sp³-hybridized carbons (Fsp3) is 0.800. The maximum absolute atomic E-state index is 12.1. The lowest BCUT2D eigenvalue weighted by Crippen LogP contribution is -2.24. The molecule has 0 radical (unpaired) electrons. The second-order valence-electron chi connectivity index (χ2n) is 5.55. The van der Waals surface area contributed by atoms with Gasteiger partial charge in [0.15, 0.2) is 0 Å². The van der Waals surface area contributed by atoms with Crippen LogP contribution < -0.4 is 0 Å². The molecule has 0 bridgehead atoms. The summed E-state index contributed by atoms with van der Waals surface area (Å²) in [6.07, 6.45) is 11.4. The van der Waals surface area contributed by atoms with Crippen molar-refractivity contribution in [2.75, 3.05) is 6.67 Å². The number of Topliss-reactive ketones (excluding diaryl/α,β-unsaturated/α-hetero) is 1. The zero-order valence-electron chi connectivity index (χ0n) is 10.6. The Labute approximate surface area is 103 Å². The maximum Gasteiger partial charge on any atom is 0.132 e. The molecule has 2 aliphatic rings. The molecule has 0 spiro atoms. The van der Waals surface area contributed by atoms with Crippen LogP contribution in [0.25, 0.3) is 0 Å². The fourth-order valence-electron chi connectivity index (χ4n) is 3.38. The van der Waals surface area contributed by atoms with Gasteiger partial charge in [0.2, 0.25) is 0 Å². The lowest BCUT2D eigenvalue weighted by Gasteiger charge is -2.33. The Balaban J connectivity index is 1.77. The standard InChI is InChI=1S/C15H23FO/c16-11-1-2-12-3-5-13(6-4-12)14-7-9-15(17)10-8-14/h2,13-14H,1,3-11H2. The predicted molar refractivity (Wildman–Crippen MR) is 67.6 cm³/mol. The largest absolute Gasteiger partial charge is 0.300 e. The minimum atomic E-state index is -0.225. The van der Waals surface area contributed by atoms with E-state index >= 15 is 0 Å². The van der Waals surface area contributed by atoms with Crippen LogP contribution in [0.5, 0.6) is 0 Å². The van der Waals surface area contributed by atoms with Gasteiger partial charge in [-0.3, -0.25) is 9.18 Å². The second kappa shape index (κ2) is 6.32. The fourth-order valence-corrected chi connectivity index (χ4v) is 3.38. The number of allylic oxidation sites excluding steroid dienone is 2. The molecule has 0 atom stereocenters. The molecule has 0 N–H and O–H groups in total. The minimum Gasteiger partial charge on any atom is -0.300 e. The molecule has 0 aromatic heterocycles. The number of rotatable bonds is 3. The van der Waals surface area contributed by atoms with E-state index < -0.39 is 0 Å². The van der Waals surface area contributed by atoms with Crippen molar-refractivity contribution in [1.82, 2.24) is 0 Å². The van der Waals surface area contributed by atoms with Gasteiger partial charge in [-0.25, -0.2) is 0 Å². The average Bonchev–Trinajstić information content (AvgIpc) is 2.38. The highest BCUT2D eigenvalue weighted by molar-refractivity contribution is 5.79. The topological polar surface area (TPSA) is 17.1 Å². The summed E-state index contributed by atoms with van der Waals surface area (Å²) in [4.78, 5) is 11.2. The van der Waals surface area contributed by atoms with Gasteiger partial charge in [-0.1, -0.05) is 11.6 Å². The van der Waals surface area contributed by atoms with Crippen LogP contribution in [0.4, 0.5) is 4.39 Å². The van der Waals surface area contributed by atoms with Crippen LogP contribution in [0.3, 0.4) is 0 Å². The number of carbonyl (C=O) groups is 1. The first-order chi connectivity index (χ1) is 8.29. The quantitative estimate of drug-likeness (QED) is 0.673. The Kier molecular flexibility index (Phi) is 4.75. The van der Waals surface area contributed by atoms with Crippen molar-refractivity contribution in [2.45, 2.75) is 57.8 Å². The first-order valence-corrected chi connectivity index (χ1v) is 7.05. The van der Waals surface area contributed by atoms with E-state index in [1.165, 1.54) is 18.4 Å². The summed E-state index contributed by atoms with van der Waals surface area (Å²) in [5.74, 6) is 2.07. The molecule has 2 fully saturated rings. The van der Waals surface area contributed by atoms with Crippen molar-refractivity contribution in [3.8, 4) is 0 Å².